The first-order chi connectivity index (χ1) is 13.7. The highest BCUT2D eigenvalue weighted by Crippen LogP contribution is 2.34. The minimum absolute atomic E-state index is 0.0204. The Kier molecular flexibility index (Phi) is 8.03. The van der Waals surface area contributed by atoms with E-state index >= 15 is 0 Å². The summed E-state index contributed by atoms with van der Waals surface area (Å²) in [5.41, 5.74) is 0.689. The molecule has 0 radical (unpaired) electrons. The van der Waals surface area contributed by atoms with Crippen molar-refractivity contribution < 1.29 is 29.3 Å². The lowest BCUT2D eigenvalue weighted by atomic mass is 10.2. The number of phenolic OH excluding ortho intramolecular Hbond substituents is 1. The van der Waals surface area contributed by atoms with E-state index in [2.05, 4.69) is 5.32 Å². The van der Waals surface area contributed by atoms with E-state index in [4.69, 9.17) is 22.1 Å². The minimum atomic E-state index is -1.11. The molecule has 1 aliphatic rings. The molecule has 1 heterocycles. The molecule has 1 atom stereocenters. The zero-order valence-electron chi connectivity index (χ0n) is 16.0. The largest absolute Gasteiger partial charge is 0.504 e. The number of carbonyl (C=O) groups excluding carboxylic acids is 2. The van der Waals surface area contributed by atoms with Crippen LogP contribution in [0.25, 0.3) is 6.08 Å². The second kappa shape index (κ2) is 10.3. The van der Waals surface area contributed by atoms with Crippen LogP contribution < -0.4 is 10.1 Å². The smallest absolute Gasteiger partial charge is 0.325 e. The molecule has 156 valence electrons. The summed E-state index contributed by atoms with van der Waals surface area (Å²) in [7, 11) is 0. The predicted molar refractivity (Wildman–Crippen MR) is 114 cm³/mol. The van der Waals surface area contributed by atoms with Gasteiger partial charge in [0.15, 0.2) is 11.5 Å². The lowest BCUT2D eigenvalue weighted by molar-refractivity contribution is -0.141. The SMILES string of the molecule is CCOc1cc(/C=C2\SC(=S)N(CCCC(=O)NC(C)C(=O)O)C2=O)ccc1O. The molecular weight excluding hydrogens is 416 g/mol. The maximum absolute atomic E-state index is 12.6. The van der Waals surface area contributed by atoms with Crippen LogP contribution in [-0.4, -0.2) is 56.4 Å². The molecule has 0 aliphatic carbocycles. The summed E-state index contributed by atoms with van der Waals surface area (Å²) in [5.74, 6) is -1.41. The molecule has 29 heavy (non-hydrogen) atoms. The van der Waals surface area contributed by atoms with Crippen molar-refractivity contribution in [2.75, 3.05) is 13.2 Å². The number of nitrogens with one attached hydrogen (secondary N) is 1. The molecule has 1 aliphatic heterocycles. The van der Waals surface area contributed by atoms with Crippen molar-refractivity contribution in [3.05, 3.63) is 28.7 Å². The maximum Gasteiger partial charge on any atom is 0.325 e. The van der Waals surface area contributed by atoms with Crippen LogP contribution >= 0.6 is 24.0 Å². The number of phenols is 1. The number of ether oxygens (including phenoxy) is 1. The summed E-state index contributed by atoms with van der Waals surface area (Å²) in [4.78, 5) is 37.0. The van der Waals surface area contributed by atoms with E-state index < -0.39 is 17.9 Å². The van der Waals surface area contributed by atoms with Crippen molar-refractivity contribution in [2.45, 2.75) is 32.7 Å². The van der Waals surface area contributed by atoms with E-state index in [0.717, 1.165) is 11.8 Å². The van der Waals surface area contributed by atoms with Crippen molar-refractivity contribution in [1.82, 2.24) is 10.2 Å². The molecule has 1 fully saturated rings. The van der Waals surface area contributed by atoms with Gasteiger partial charge in [0.2, 0.25) is 5.91 Å². The van der Waals surface area contributed by atoms with Crippen LogP contribution in [0.5, 0.6) is 11.5 Å². The summed E-state index contributed by atoms with van der Waals surface area (Å²) >= 11 is 6.43. The zero-order valence-corrected chi connectivity index (χ0v) is 17.6. The molecule has 0 spiro atoms. The molecule has 0 bridgehead atoms. The topological polar surface area (TPSA) is 116 Å². The molecule has 1 unspecified atom stereocenters. The molecule has 8 nitrogen and oxygen atoms in total. The van der Waals surface area contributed by atoms with Crippen LogP contribution in [0, 0.1) is 0 Å². The van der Waals surface area contributed by atoms with Crippen LogP contribution in [0.15, 0.2) is 23.1 Å². The third kappa shape index (κ3) is 6.20. The van der Waals surface area contributed by atoms with Crippen molar-refractivity contribution in [3.8, 4) is 11.5 Å². The van der Waals surface area contributed by atoms with Crippen LogP contribution in [0.4, 0.5) is 0 Å². The van der Waals surface area contributed by atoms with Gasteiger partial charge >= 0.3 is 5.97 Å². The summed E-state index contributed by atoms with van der Waals surface area (Å²) < 4.78 is 5.74. The first kappa shape index (κ1) is 22.7. The highest BCUT2D eigenvalue weighted by atomic mass is 32.2. The Morgan fingerprint density at radius 3 is 2.79 bits per heavy atom. The number of aliphatic carboxylic acids is 1. The third-order valence-electron chi connectivity index (χ3n) is 3.99. The number of thiocarbonyl (C=S) groups is 1. The second-order valence-corrected chi connectivity index (χ2v) is 7.90. The fourth-order valence-corrected chi connectivity index (χ4v) is 3.82. The van der Waals surface area contributed by atoms with Gasteiger partial charge < -0.3 is 20.3 Å². The van der Waals surface area contributed by atoms with Gasteiger partial charge in [0.25, 0.3) is 5.91 Å². The van der Waals surface area contributed by atoms with E-state index in [0.29, 0.717) is 33.6 Å². The Morgan fingerprint density at radius 1 is 1.41 bits per heavy atom. The second-order valence-electron chi connectivity index (χ2n) is 6.22. The number of carboxylic acid groups (broad SMARTS) is 1. The number of carboxylic acids is 1. The van der Waals surface area contributed by atoms with Crippen molar-refractivity contribution in [3.63, 3.8) is 0 Å². The van der Waals surface area contributed by atoms with Crippen LogP contribution in [0.1, 0.15) is 32.3 Å². The number of thioether (sulfide) groups is 1. The zero-order chi connectivity index (χ0) is 21.6. The summed E-state index contributed by atoms with van der Waals surface area (Å²) in [6.07, 6.45) is 2.11. The van der Waals surface area contributed by atoms with E-state index in [-0.39, 0.29) is 24.6 Å². The average molecular weight is 439 g/mol. The Balaban J connectivity index is 1.97. The number of hydrogen-bond donors (Lipinski definition) is 3. The highest BCUT2D eigenvalue weighted by molar-refractivity contribution is 8.26. The van der Waals surface area contributed by atoms with Gasteiger partial charge in [-0.05, 0) is 44.0 Å². The third-order valence-corrected chi connectivity index (χ3v) is 5.37. The number of nitrogens with zero attached hydrogens (tertiary/aromatic N) is 1. The van der Waals surface area contributed by atoms with Gasteiger partial charge in [0, 0.05) is 13.0 Å². The molecule has 3 N–H and O–H groups in total. The number of amides is 2. The van der Waals surface area contributed by atoms with Gasteiger partial charge in [-0.2, -0.15) is 0 Å². The Labute approximate surface area is 177 Å². The number of rotatable bonds is 9. The standard InChI is InChI=1S/C19H22N2O6S2/c1-3-27-14-9-12(6-7-13(14)22)10-15-17(24)21(19(28)29-15)8-4-5-16(23)20-11(2)18(25)26/h6-7,9-11,22H,3-5,8H2,1-2H3,(H,20,23)(H,25,26)/b15-10-. The maximum atomic E-state index is 12.6. The van der Waals surface area contributed by atoms with Gasteiger partial charge in [0.1, 0.15) is 10.4 Å². The molecule has 0 aromatic heterocycles. The average Bonchev–Trinajstić information content (AvgIpc) is 2.91. The number of aromatic hydroxyl groups is 1. The van der Waals surface area contributed by atoms with Gasteiger partial charge in [0.05, 0.1) is 11.5 Å². The Morgan fingerprint density at radius 2 is 2.14 bits per heavy atom. The molecule has 2 rings (SSSR count). The van der Waals surface area contributed by atoms with Crippen molar-refractivity contribution in [1.29, 1.82) is 0 Å². The first-order valence-electron chi connectivity index (χ1n) is 8.96. The first-order valence-corrected chi connectivity index (χ1v) is 10.2. The van der Waals surface area contributed by atoms with Gasteiger partial charge in [-0.25, -0.2) is 0 Å². The molecule has 1 saturated heterocycles. The van der Waals surface area contributed by atoms with Crippen molar-refractivity contribution in [2.24, 2.45) is 0 Å². The number of benzene rings is 1. The quantitative estimate of drug-likeness (QED) is 0.397. The van der Waals surface area contributed by atoms with Crippen LogP contribution in [0.3, 0.4) is 0 Å². The number of hydrogen-bond acceptors (Lipinski definition) is 7. The molecule has 1 aromatic carbocycles. The van der Waals surface area contributed by atoms with Gasteiger partial charge in [-0.3, -0.25) is 19.3 Å². The monoisotopic (exact) mass is 438 g/mol. The van der Waals surface area contributed by atoms with Gasteiger partial charge in [-0.15, -0.1) is 0 Å². The molecule has 0 saturated carbocycles. The Hall–Kier alpha value is -2.59. The number of carbonyl (C=O) groups is 3. The van der Waals surface area contributed by atoms with Crippen LogP contribution in [-0.2, 0) is 14.4 Å². The fraction of sp³-hybridized carbons (Fsp3) is 0.368. The normalized spacial score (nSPS) is 16.2. The van der Waals surface area contributed by atoms with E-state index in [1.54, 1.807) is 25.1 Å². The van der Waals surface area contributed by atoms with E-state index in [1.807, 2.05) is 0 Å². The fourth-order valence-electron chi connectivity index (χ4n) is 2.51. The summed E-state index contributed by atoms with van der Waals surface area (Å²) in [5, 5.41) is 20.9. The molecule has 2 amide bonds. The minimum Gasteiger partial charge on any atom is -0.504 e. The van der Waals surface area contributed by atoms with Crippen molar-refractivity contribution >= 4 is 52.2 Å². The summed E-state index contributed by atoms with van der Waals surface area (Å²) in [6.45, 7) is 3.85. The molecule has 10 heteroatoms. The molecule has 1 aromatic rings. The molecular formula is C19H22N2O6S2. The van der Waals surface area contributed by atoms with Gasteiger partial charge in [-0.1, -0.05) is 30.0 Å². The van der Waals surface area contributed by atoms with E-state index in [9.17, 15) is 19.5 Å². The lowest BCUT2D eigenvalue weighted by Gasteiger charge is -2.14. The summed E-state index contributed by atoms with van der Waals surface area (Å²) in [6, 6.07) is 3.83. The Bertz CT molecular complexity index is 855. The predicted octanol–water partition coefficient (Wildman–Crippen LogP) is 2.36. The lowest BCUT2D eigenvalue weighted by Crippen LogP contribution is -2.38. The highest BCUT2D eigenvalue weighted by Gasteiger charge is 2.31. The van der Waals surface area contributed by atoms with Crippen LogP contribution in [0.2, 0.25) is 0 Å². The van der Waals surface area contributed by atoms with E-state index in [1.165, 1.54) is 17.9 Å².